The van der Waals surface area contributed by atoms with Gasteiger partial charge in [0.15, 0.2) is 5.78 Å². The van der Waals surface area contributed by atoms with E-state index >= 15 is 0 Å². The molecule has 6 heteroatoms. The Kier molecular flexibility index (Phi) is 5.18. The first-order chi connectivity index (χ1) is 11.3. The van der Waals surface area contributed by atoms with E-state index in [-0.39, 0.29) is 17.2 Å². The van der Waals surface area contributed by atoms with Gasteiger partial charge in [0.1, 0.15) is 11.6 Å². The van der Waals surface area contributed by atoms with Gasteiger partial charge in [-0.25, -0.2) is 8.78 Å². The van der Waals surface area contributed by atoms with Gasteiger partial charge in [0.05, 0.1) is 10.5 Å². The lowest BCUT2D eigenvalue weighted by molar-refractivity contribution is -0.385. The molecule has 24 heavy (non-hydrogen) atoms. The minimum absolute atomic E-state index is 0.0154. The molecule has 0 radical (unpaired) electrons. The van der Waals surface area contributed by atoms with Crippen LogP contribution in [0.5, 0.6) is 0 Å². The number of carbonyl (C=O) groups is 1. The highest BCUT2D eigenvalue weighted by molar-refractivity contribution is 6.07. The molecule has 0 bridgehead atoms. The zero-order valence-electron chi connectivity index (χ0n) is 13.1. The van der Waals surface area contributed by atoms with Crippen molar-refractivity contribution in [3.63, 3.8) is 0 Å². The van der Waals surface area contributed by atoms with Gasteiger partial charge < -0.3 is 0 Å². The Morgan fingerprint density at radius 2 is 1.88 bits per heavy atom. The number of allylic oxidation sites excluding steroid dienone is 1. The van der Waals surface area contributed by atoms with Crippen molar-refractivity contribution in [2.75, 3.05) is 0 Å². The molecule has 124 valence electrons. The summed E-state index contributed by atoms with van der Waals surface area (Å²) in [6.45, 7) is 3.69. The van der Waals surface area contributed by atoms with E-state index in [1.54, 1.807) is 12.1 Å². The summed E-state index contributed by atoms with van der Waals surface area (Å²) >= 11 is 0. The van der Waals surface area contributed by atoms with Crippen molar-refractivity contribution in [1.82, 2.24) is 0 Å². The van der Waals surface area contributed by atoms with Gasteiger partial charge in [0.2, 0.25) is 0 Å². The van der Waals surface area contributed by atoms with E-state index in [0.717, 1.165) is 18.2 Å². The van der Waals surface area contributed by atoms with Crippen molar-refractivity contribution in [2.24, 2.45) is 0 Å². The van der Waals surface area contributed by atoms with Crippen molar-refractivity contribution < 1.29 is 18.5 Å². The number of nitrogens with zero attached hydrogens (tertiary/aromatic N) is 1. The quantitative estimate of drug-likeness (QED) is 0.339. The fourth-order valence-corrected chi connectivity index (χ4v) is 2.26. The summed E-state index contributed by atoms with van der Waals surface area (Å²) in [5.74, 6) is -2.39. The molecular formula is C18H15F2NO3. The van der Waals surface area contributed by atoms with Gasteiger partial charge in [-0.3, -0.25) is 14.9 Å². The summed E-state index contributed by atoms with van der Waals surface area (Å²) in [7, 11) is 0. The first-order valence-electron chi connectivity index (χ1n) is 7.25. The Hall–Kier alpha value is -2.89. The lowest BCUT2D eigenvalue weighted by atomic mass is 9.99. The molecule has 0 fully saturated rings. The van der Waals surface area contributed by atoms with Crippen LogP contribution < -0.4 is 0 Å². The molecule has 4 nitrogen and oxygen atoms in total. The van der Waals surface area contributed by atoms with Crippen molar-refractivity contribution in [3.8, 4) is 0 Å². The van der Waals surface area contributed by atoms with Gasteiger partial charge in [-0.2, -0.15) is 0 Å². The van der Waals surface area contributed by atoms with Gasteiger partial charge in [-0.15, -0.1) is 0 Å². The average molecular weight is 331 g/mol. The average Bonchev–Trinajstić information content (AvgIpc) is 2.52. The normalized spacial score (nSPS) is 11.2. The van der Waals surface area contributed by atoms with Gasteiger partial charge >= 0.3 is 0 Å². The van der Waals surface area contributed by atoms with Gasteiger partial charge in [0, 0.05) is 17.7 Å². The maximum absolute atomic E-state index is 13.6. The van der Waals surface area contributed by atoms with E-state index in [4.69, 9.17) is 0 Å². The van der Waals surface area contributed by atoms with Crippen LogP contribution in [0.25, 0.3) is 6.08 Å². The first-order valence-corrected chi connectivity index (χ1v) is 7.25. The molecule has 0 saturated heterocycles. The minimum atomic E-state index is -0.953. The standard InChI is InChI=1S/C18H15F2NO3/c1-11(2)14-6-3-12(9-17(14)21(23)24)4-8-18(22)15-7-5-13(19)10-16(15)20/h3-11H,1-2H3/b8-4+. The molecule has 0 aliphatic heterocycles. The number of hydrogen-bond acceptors (Lipinski definition) is 3. The van der Waals surface area contributed by atoms with E-state index in [0.29, 0.717) is 17.2 Å². The van der Waals surface area contributed by atoms with Crippen LogP contribution in [0.1, 0.15) is 41.3 Å². The van der Waals surface area contributed by atoms with Gasteiger partial charge in [-0.05, 0) is 29.7 Å². The predicted octanol–water partition coefficient (Wildman–Crippen LogP) is 4.89. The summed E-state index contributed by atoms with van der Waals surface area (Å²) in [5.41, 5.74) is 0.739. The molecule has 0 aromatic heterocycles. The maximum Gasteiger partial charge on any atom is 0.273 e. The Balaban J connectivity index is 2.30. The number of hydrogen-bond donors (Lipinski definition) is 0. The number of rotatable bonds is 5. The van der Waals surface area contributed by atoms with E-state index < -0.39 is 22.3 Å². The zero-order chi connectivity index (χ0) is 17.9. The summed E-state index contributed by atoms with van der Waals surface area (Å²) in [6, 6.07) is 7.32. The fraction of sp³-hybridized carbons (Fsp3) is 0.167. The van der Waals surface area contributed by atoms with E-state index in [9.17, 15) is 23.7 Å². The van der Waals surface area contributed by atoms with Crippen LogP contribution >= 0.6 is 0 Å². The third kappa shape index (κ3) is 3.90. The van der Waals surface area contributed by atoms with E-state index in [2.05, 4.69) is 0 Å². The van der Waals surface area contributed by atoms with Crippen molar-refractivity contribution in [2.45, 2.75) is 19.8 Å². The topological polar surface area (TPSA) is 60.2 Å². The van der Waals surface area contributed by atoms with Crippen molar-refractivity contribution in [3.05, 3.63) is 80.9 Å². The lowest BCUT2D eigenvalue weighted by Gasteiger charge is -2.07. The number of nitro groups is 1. The predicted molar refractivity (Wildman–Crippen MR) is 86.9 cm³/mol. The van der Waals surface area contributed by atoms with Crippen LogP contribution in [0.4, 0.5) is 14.5 Å². The van der Waals surface area contributed by atoms with Crippen molar-refractivity contribution in [1.29, 1.82) is 0 Å². The van der Waals surface area contributed by atoms with Gasteiger partial charge in [0.25, 0.3) is 5.69 Å². The summed E-state index contributed by atoms with van der Waals surface area (Å²) in [5, 5.41) is 11.1. The second kappa shape index (κ2) is 7.12. The molecule has 0 amide bonds. The molecule has 0 heterocycles. The zero-order valence-corrected chi connectivity index (χ0v) is 13.1. The third-order valence-electron chi connectivity index (χ3n) is 3.50. The molecule has 0 N–H and O–H groups in total. The van der Waals surface area contributed by atoms with E-state index in [1.165, 1.54) is 12.1 Å². The second-order valence-corrected chi connectivity index (χ2v) is 5.55. The molecule has 0 unspecified atom stereocenters. The maximum atomic E-state index is 13.6. The third-order valence-corrected chi connectivity index (χ3v) is 3.50. The number of carbonyl (C=O) groups excluding carboxylic acids is 1. The van der Waals surface area contributed by atoms with Crippen LogP contribution in [0.15, 0.2) is 42.5 Å². The summed E-state index contributed by atoms with van der Waals surface area (Å²) in [4.78, 5) is 22.6. The highest BCUT2D eigenvalue weighted by Crippen LogP contribution is 2.27. The Morgan fingerprint density at radius 3 is 2.46 bits per heavy atom. The summed E-state index contributed by atoms with van der Waals surface area (Å²) in [6.07, 6.45) is 2.46. The molecule has 0 aliphatic carbocycles. The highest BCUT2D eigenvalue weighted by atomic mass is 19.1. The Morgan fingerprint density at radius 1 is 1.17 bits per heavy atom. The monoisotopic (exact) mass is 331 g/mol. The number of ketones is 1. The molecule has 2 aromatic carbocycles. The number of benzene rings is 2. The smallest absolute Gasteiger partial charge is 0.273 e. The van der Waals surface area contributed by atoms with Crippen LogP contribution in [-0.4, -0.2) is 10.7 Å². The minimum Gasteiger partial charge on any atom is -0.289 e. The lowest BCUT2D eigenvalue weighted by Crippen LogP contribution is -2.00. The van der Waals surface area contributed by atoms with Crippen molar-refractivity contribution >= 4 is 17.5 Å². The second-order valence-electron chi connectivity index (χ2n) is 5.55. The number of halogens is 2. The molecular weight excluding hydrogens is 316 g/mol. The van der Waals surface area contributed by atoms with Crippen LogP contribution in [0.2, 0.25) is 0 Å². The molecule has 0 spiro atoms. The first kappa shape index (κ1) is 17.5. The van der Waals surface area contributed by atoms with Crippen LogP contribution in [-0.2, 0) is 0 Å². The van der Waals surface area contributed by atoms with Gasteiger partial charge in [-0.1, -0.05) is 32.1 Å². The summed E-state index contributed by atoms with van der Waals surface area (Å²) < 4.78 is 26.4. The highest BCUT2D eigenvalue weighted by Gasteiger charge is 2.16. The number of nitro benzene ring substituents is 1. The largest absolute Gasteiger partial charge is 0.289 e. The Bertz CT molecular complexity index is 829. The molecule has 2 rings (SSSR count). The molecule has 0 saturated carbocycles. The molecule has 2 aromatic rings. The SMILES string of the molecule is CC(C)c1ccc(/C=C/C(=O)c2ccc(F)cc2F)cc1[N+](=O)[O-]. The Labute approximate surface area is 137 Å². The van der Waals surface area contributed by atoms with Crippen LogP contribution in [0.3, 0.4) is 0 Å². The van der Waals surface area contributed by atoms with Crippen LogP contribution in [0, 0.1) is 21.7 Å². The van der Waals surface area contributed by atoms with E-state index in [1.807, 2.05) is 13.8 Å². The molecule has 0 aliphatic rings. The fourth-order valence-electron chi connectivity index (χ4n) is 2.26. The molecule has 0 atom stereocenters.